The van der Waals surface area contributed by atoms with Crippen LogP contribution >= 0.6 is 0 Å². The van der Waals surface area contributed by atoms with E-state index in [1.807, 2.05) is 62.2 Å². The summed E-state index contributed by atoms with van der Waals surface area (Å²) in [6.07, 6.45) is 5.04. The lowest BCUT2D eigenvalue weighted by atomic mass is 10.1. The molecule has 0 atom stereocenters. The molecule has 6 nitrogen and oxygen atoms in total. The maximum atomic E-state index is 12.7. The molecule has 3 rings (SSSR count). The molecule has 27 heavy (non-hydrogen) atoms. The highest BCUT2D eigenvalue weighted by atomic mass is 16.1. The highest BCUT2D eigenvalue weighted by Gasteiger charge is 2.18. The van der Waals surface area contributed by atoms with E-state index in [2.05, 4.69) is 20.3 Å². The number of anilines is 1. The standard InChI is InChI=1S/C21H23N5O/c1-4-26(3)20-18(21(27)24-13-16-8-6-10-22-12-16)14-23-19(25-20)17-9-5-7-15(2)11-17/h5-12,14H,4,13H2,1-3H3,(H,24,27). The van der Waals surface area contributed by atoms with Crippen LogP contribution in [0.4, 0.5) is 5.82 Å². The van der Waals surface area contributed by atoms with Crippen molar-refractivity contribution in [2.24, 2.45) is 0 Å². The van der Waals surface area contributed by atoms with Crippen LogP contribution in [0.5, 0.6) is 0 Å². The SMILES string of the molecule is CCN(C)c1nc(-c2cccc(C)c2)ncc1C(=O)NCc1cccnc1. The Hall–Kier alpha value is -3.28. The van der Waals surface area contributed by atoms with E-state index in [0.717, 1.165) is 23.2 Å². The maximum absolute atomic E-state index is 12.7. The third-order valence-corrected chi connectivity index (χ3v) is 4.30. The van der Waals surface area contributed by atoms with Crippen LogP contribution in [-0.4, -0.2) is 34.5 Å². The van der Waals surface area contributed by atoms with Crippen LogP contribution in [0.1, 0.15) is 28.4 Å². The minimum Gasteiger partial charge on any atom is -0.359 e. The summed E-state index contributed by atoms with van der Waals surface area (Å²) >= 11 is 0. The Kier molecular flexibility index (Phi) is 5.76. The number of pyridine rings is 1. The molecule has 1 aromatic carbocycles. The Morgan fingerprint density at radius 1 is 1.19 bits per heavy atom. The van der Waals surface area contributed by atoms with Crippen LogP contribution in [0.3, 0.4) is 0 Å². The fourth-order valence-corrected chi connectivity index (χ4v) is 2.68. The molecule has 3 aromatic rings. The minimum absolute atomic E-state index is 0.204. The lowest BCUT2D eigenvalue weighted by Crippen LogP contribution is -2.28. The van der Waals surface area contributed by atoms with E-state index >= 15 is 0 Å². The van der Waals surface area contributed by atoms with Crippen molar-refractivity contribution in [1.29, 1.82) is 0 Å². The van der Waals surface area contributed by atoms with E-state index in [0.29, 0.717) is 23.8 Å². The fraction of sp³-hybridized carbons (Fsp3) is 0.238. The van der Waals surface area contributed by atoms with Gasteiger partial charge in [-0.25, -0.2) is 9.97 Å². The predicted octanol–water partition coefficient (Wildman–Crippen LogP) is 3.23. The molecule has 0 saturated carbocycles. The molecule has 6 heteroatoms. The molecule has 0 aliphatic carbocycles. The highest BCUT2D eigenvalue weighted by molar-refractivity contribution is 5.98. The number of carbonyl (C=O) groups excluding carboxylic acids is 1. The lowest BCUT2D eigenvalue weighted by Gasteiger charge is -2.19. The quantitative estimate of drug-likeness (QED) is 0.730. The highest BCUT2D eigenvalue weighted by Crippen LogP contribution is 2.22. The zero-order valence-corrected chi connectivity index (χ0v) is 15.8. The first kappa shape index (κ1) is 18.5. The maximum Gasteiger partial charge on any atom is 0.256 e. The average molecular weight is 361 g/mol. The number of aryl methyl sites for hydroxylation is 1. The van der Waals surface area contributed by atoms with Crippen LogP contribution in [0, 0.1) is 6.92 Å². The number of hydrogen-bond acceptors (Lipinski definition) is 5. The van der Waals surface area contributed by atoms with E-state index in [1.165, 1.54) is 0 Å². The topological polar surface area (TPSA) is 71.0 Å². The van der Waals surface area contributed by atoms with Crippen molar-refractivity contribution in [2.75, 3.05) is 18.5 Å². The van der Waals surface area contributed by atoms with Gasteiger partial charge in [-0.05, 0) is 31.5 Å². The second kappa shape index (κ2) is 8.40. The van der Waals surface area contributed by atoms with E-state index < -0.39 is 0 Å². The smallest absolute Gasteiger partial charge is 0.256 e. The first-order valence-corrected chi connectivity index (χ1v) is 8.90. The number of aromatic nitrogens is 3. The summed E-state index contributed by atoms with van der Waals surface area (Å²) in [5.41, 5.74) is 3.47. The first-order valence-electron chi connectivity index (χ1n) is 8.90. The number of benzene rings is 1. The number of amides is 1. The van der Waals surface area contributed by atoms with Gasteiger partial charge in [0.25, 0.3) is 5.91 Å². The summed E-state index contributed by atoms with van der Waals surface area (Å²) in [5.74, 6) is 1.02. The van der Waals surface area contributed by atoms with Crippen molar-refractivity contribution in [2.45, 2.75) is 20.4 Å². The first-order chi connectivity index (χ1) is 13.1. The molecule has 1 N–H and O–H groups in total. The molecule has 0 fully saturated rings. The van der Waals surface area contributed by atoms with Crippen molar-refractivity contribution in [3.05, 3.63) is 71.7 Å². The average Bonchev–Trinajstić information content (AvgIpc) is 2.71. The molecule has 2 aromatic heterocycles. The summed E-state index contributed by atoms with van der Waals surface area (Å²) < 4.78 is 0. The summed E-state index contributed by atoms with van der Waals surface area (Å²) in [7, 11) is 1.92. The summed E-state index contributed by atoms with van der Waals surface area (Å²) in [4.78, 5) is 27.8. The van der Waals surface area contributed by atoms with Gasteiger partial charge in [-0.1, -0.05) is 29.8 Å². The molecule has 138 valence electrons. The van der Waals surface area contributed by atoms with Gasteiger partial charge < -0.3 is 10.2 Å². The fourth-order valence-electron chi connectivity index (χ4n) is 2.68. The third kappa shape index (κ3) is 4.47. The zero-order valence-electron chi connectivity index (χ0n) is 15.8. The molecule has 0 aliphatic rings. The Morgan fingerprint density at radius 3 is 2.74 bits per heavy atom. The van der Waals surface area contributed by atoms with E-state index in [9.17, 15) is 4.79 Å². The summed E-state index contributed by atoms with van der Waals surface area (Å²) in [6, 6.07) is 11.8. The molecule has 2 heterocycles. The van der Waals surface area contributed by atoms with Crippen LogP contribution in [0.15, 0.2) is 55.0 Å². The van der Waals surface area contributed by atoms with E-state index in [1.54, 1.807) is 18.6 Å². The van der Waals surface area contributed by atoms with Gasteiger partial charge in [-0.3, -0.25) is 9.78 Å². The van der Waals surface area contributed by atoms with Gasteiger partial charge in [0.05, 0.1) is 0 Å². The Bertz CT molecular complexity index is 927. The number of hydrogen-bond donors (Lipinski definition) is 1. The van der Waals surface area contributed by atoms with E-state index in [-0.39, 0.29) is 5.91 Å². The van der Waals surface area contributed by atoms with Gasteiger partial charge in [0.15, 0.2) is 5.82 Å². The molecule has 0 saturated heterocycles. The molecule has 0 unspecified atom stereocenters. The molecule has 1 amide bonds. The lowest BCUT2D eigenvalue weighted by molar-refractivity contribution is 0.0950. The van der Waals surface area contributed by atoms with Gasteiger partial charge >= 0.3 is 0 Å². The molecule has 0 radical (unpaired) electrons. The Morgan fingerprint density at radius 2 is 2.04 bits per heavy atom. The van der Waals surface area contributed by atoms with Crippen molar-refractivity contribution in [3.63, 3.8) is 0 Å². The number of nitrogens with zero attached hydrogens (tertiary/aromatic N) is 4. The second-order valence-electron chi connectivity index (χ2n) is 6.36. The van der Waals surface area contributed by atoms with Crippen molar-refractivity contribution < 1.29 is 4.79 Å². The molecular weight excluding hydrogens is 338 g/mol. The number of nitrogens with one attached hydrogen (secondary N) is 1. The zero-order chi connectivity index (χ0) is 19.2. The van der Waals surface area contributed by atoms with Gasteiger partial charge in [0, 0.05) is 44.3 Å². The minimum atomic E-state index is -0.204. The van der Waals surface area contributed by atoms with Gasteiger partial charge in [0.1, 0.15) is 11.4 Å². The summed E-state index contributed by atoms with van der Waals surface area (Å²) in [6.45, 7) is 5.18. The van der Waals surface area contributed by atoms with Gasteiger partial charge in [-0.15, -0.1) is 0 Å². The monoisotopic (exact) mass is 361 g/mol. The van der Waals surface area contributed by atoms with Crippen LogP contribution in [0.2, 0.25) is 0 Å². The molecule has 0 bridgehead atoms. The largest absolute Gasteiger partial charge is 0.359 e. The third-order valence-electron chi connectivity index (χ3n) is 4.30. The Balaban J connectivity index is 1.88. The van der Waals surface area contributed by atoms with Gasteiger partial charge in [0.2, 0.25) is 0 Å². The normalized spacial score (nSPS) is 10.5. The van der Waals surface area contributed by atoms with Crippen LogP contribution < -0.4 is 10.2 Å². The van der Waals surface area contributed by atoms with Crippen LogP contribution in [-0.2, 0) is 6.54 Å². The van der Waals surface area contributed by atoms with Gasteiger partial charge in [-0.2, -0.15) is 0 Å². The molecule has 0 aliphatic heterocycles. The van der Waals surface area contributed by atoms with Crippen molar-refractivity contribution in [3.8, 4) is 11.4 Å². The van der Waals surface area contributed by atoms with Crippen molar-refractivity contribution >= 4 is 11.7 Å². The number of carbonyl (C=O) groups is 1. The summed E-state index contributed by atoms with van der Waals surface area (Å²) in [5, 5.41) is 2.92. The second-order valence-corrected chi connectivity index (χ2v) is 6.36. The number of rotatable bonds is 6. The molecular formula is C21H23N5O. The van der Waals surface area contributed by atoms with Crippen molar-refractivity contribution in [1.82, 2.24) is 20.3 Å². The van der Waals surface area contributed by atoms with Crippen LogP contribution in [0.25, 0.3) is 11.4 Å². The molecule has 0 spiro atoms. The Labute approximate surface area is 159 Å². The predicted molar refractivity (Wildman–Crippen MR) is 107 cm³/mol. The van der Waals surface area contributed by atoms with E-state index in [4.69, 9.17) is 0 Å².